The van der Waals surface area contributed by atoms with Crippen LogP contribution in [0.1, 0.15) is 39.0 Å². The lowest BCUT2D eigenvalue weighted by molar-refractivity contribution is -0.148. The Kier molecular flexibility index (Phi) is 1.71. The molecule has 1 saturated carbocycles. The molecule has 66 valence electrons. The van der Waals surface area contributed by atoms with E-state index in [2.05, 4.69) is 0 Å². The highest BCUT2D eigenvalue weighted by atomic mass is 16.6. The summed E-state index contributed by atoms with van der Waals surface area (Å²) in [5.41, 5.74) is 0.946. The molecular weight excluding hydrogens is 152 g/mol. The van der Waals surface area contributed by atoms with Crippen molar-refractivity contribution in [3.63, 3.8) is 0 Å². The Bertz CT molecular complexity index is 234. The van der Waals surface area contributed by atoms with Crippen LogP contribution in [0, 0.1) is 0 Å². The van der Waals surface area contributed by atoms with Crippen LogP contribution in [0.15, 0.2) is 11.6 Å². The summed E-state index contributed by atoms with van der Waals surface area (Å²) in [7, 11) is 0. The molecule has 0 aromatic heterocycles. The normalized spacial score (nSPS) is 27.1. The summed E-state index contributed by atoms with van der Waals surface area (Å²) in [5, 5.41) is 0. The first-order chi connectivity index (χ1) is 5.73. The van der Waals surface area contributed by atoms with Crippen molar-refractivity contribution in [3.8, 4) is 0 Å². The minimum Gasteiger partial charge on any atom is -0.451 e. The summed E-state index contributed by atoms with van der Waals surface area (Å²) < 4.78 is 5.37. The van der Waals surface area contributed by atoms with Gasteiger partial charge in [0.25, 0.3) is 0 Å². The van der Waals surface area contributed by atoms with Crippen LogP contribution in [-0.4, -0.2) is 11.6 Å². The molecule has 0 radical (unpaired) electrons. The highest BCUT2D eigenvalue weighted by Crippen LogP contribution is 2.40. The van der Waals surface area contributed by atoms with Gasteiger partial charge in [-0.3, -0.25) is 0 Å². The van der Waals surface area contributed by atoms with Gasteiger partial charge in [0, 0.05) is 6.08 Å². The number of esters is 1. The topological polar surface area (TPSA) is 26.3 Å². The number of carbonyl (C=O) groups excluding carboxylic acids is 1. The molecule has 1 heterocycles. The van der Waals surface area contributed by atoms with Crippen LogP contribution in [-0.2, 0) is 9.53 Å². The second kappa shape index (κ2) is 2.61. The average molecular weight is 166 g/mol. The van der Waals surface area contributed by atoms with E-state index in [4.69, 9.17) is 4.74 Å². The van der Waals surface area contributed by atoms with Crippen LogP contribution in [0.2, 0.25) is 0 Å². The highest BCUT2D eigenvalue weighted by molar-refractivity contribution is 5.86. The fourth-order valence-corrected chi connectivity index (χ4v) is 2.23. The molecule has 1 aliphatic carbocycles. The van der Waals surface area contributed by atoms with E-state index in [0.717, 1.165) is 18.4 Å². The minimum atomic E-state index is -0.185. The van der Waals surface area contributed by atoms with Crippen molar-refractivity contribution in [1.29, 1.82) is 0 Å². The fraction of sp³-hybridized carbons (Fsp3) is 0.700. The first kappa shape index (κ1) is 7.84. The van der Waals surface area contributed by atoms with Gasteiger partial charge in [0.1, 0.15) is 5.60 Å². The predicted molar refractivity (Wildman–Crippen MR) is 45.7 cm³/mol. The molecule has 0 N–H and O–H groups in total. The summed E-state index contributed by atoms with van der Waals surface area (Å²) >= 11 is 0. The molecule has 12 heavy (non-hydrogen) atoms. The van der Waals surface area contributed by atoms with Crippen molar-refractivity contribution in [3.05, 3.63) is 11.6 Å². The highest BCUT2D eigenvalue weighted by Gasteiger charge is 2.41. The number of carbonyl (C=O) groups is 1. The van der Waals surface area contributed by atoms with Gasteiger partial charge in [0.15, 0.2) is 0 Å². The van der Waals surface area contributed by atoms with Crippen molar-refractivity contribution >= 4 is 5.97 Å². The van der Waals surface area contributed by atoms with Crippen molar-refractivity contribution in [2.24, 2.45) is 0 Å². The maximum Gasteiger partial charge on any atom is 0.331 e. The Hall–Kier alpha value is -0.790. The molecule has 0 atom stereocenters. The van der Waals surface area contributed by atoms with E-state index in [-0.39, 0.29) is 11.6 Å². The molecule has 1 fully saturated rings. The molecule has 0 bridgehead atoms. The van der Waals surface area contributed by atoms with Crippen LogP contribution in [0.5, 0.6) is 0 Å². The van der Waals surface area contributed by atoms with Gasteiger partial charge in [-0.1, -0.05) is 6.42 Å². The van der Waals surface area contributed by atoms with Crippen LogP contribution >= 0.6 is 0 Å². The molecule has 1 aliphatic heterocycles. The van der Waals surface area contributed by atoms with Crippen molar-refractivity contribution in [2.75, 3.05) is 0 Å². The van der Waals surface area contributed by atoms with Gasteiger partial charge in [0.05, 0.1) is 0 Å². The van der Waals surface area contributed by atoms with Gasteiger partial charge < -0.3 is 4.74 Å². The van der Waals surface area contributed by atoms with Gasteiger partial charge in [-0.2, -0.15) is 0 Å². The van der Waals surface area contributed by atoms with E-state index in [0.29, 0.717) is 0 Å². The third-order valence-electron chi connectivity index (χ3n) is 3.01. The molecule has 2 nitrogen and oxygen atoms in total. The van der Waals surface area contributed by atoms with E-state index in [9.17, 15) is 4.79 Å². The molecule has 2 aliphatic rings. The third-order valence-corrected chi connectivity index (χ3v) is 3.01. The Labute approximate surface area is 72.6 Å². The Morgan fingerprint density at radius 1 is 1.33 bits per heavy atom. The zero-order valence-electron chi connectivity index (χ0n) is 7.43. The maximum absolute atomic E-state index is 11.0. The molecule has 0 amide bonds. The summed E-state index contributed by atoms with van der Waals surface area (Å²) in [4.78, 5) is 11.0. The molecule has 2 heteroatoms. The second-order valence-electron chi connectivity index (χ2n) is 3.80. The lowest BCUT2D eigenvalue weighted by Crippen LogP contribution is -2.33. The summed E-state index contributed by atoms with van der Waals surface area (Å²) in [6, 6.07) is 0. The summed E-state index contributed by atoms with van der Waals surface area (Å²) in [6.07, 6.45) is 7.37. The molecule has 1 spiro atoms. The number of ether oxygens (including phenoxy) is 1. The van der Waals surface area contributed by atoms with Crippen molar-refractivity contribution in [1.82, 2.24) is 0 Å². The first-order valence-electron chi connectivity index (χ1n) is 4.65. The molecule has 0 aromatic carbocycles. The van der Waals surface area contributed by atoms with Gasteiger partial charge in [-0.05, 0) is 38.2 Å². The summed E-state index contributed by atoms with van der Waals surface area (Å²) in [5.74, 6) is -0.144. The fourth-order valence-electron chi connectivity index (χ4n) is 2.23. The van der Waals surface area contributed by atoms with Crippen LogP contribution in [0.3, 0.4) is 0 Å². The molecule has 0 unspecified atom stereocenters. The van der Waals surface area contributed by atoms with Gasteiger partial charge in [0.2, 0.25) is 0 Å². The van der Waals surface area contributed by atoms with E-state index in [1.807, 2.05) is 6.92 Å². The zero-order valence-corrected chi connectivity index (χ0v) is 7.43. The van der Waals surface area contributed by atoms with Gasteiger partial charge in [-0.25, -0.2) is 4.79 Å². The van der Waals surface area contributed by atoms with E-state index >= 15 is 0 Å². The molecule has 0 aromatic rings. The van der Waals surface area contributed by atoms with Crippen LogP contribution in [0.25, 0.3) is 0 Å². The second-order valence-corrected chi connectivity index (χ2v) is 3.80. The van der Waals surface area contributed by atoms with Gasteiger partial charge >= 0.3 is 5.97 Å². The number of hydrogen-bond acceptors (Lipinski definition) is 2. The van der Waals surface area contributed by atoms with E-state index in [1.165, 1.54) is 19.3 Å². The van der Waals surface area contributed by atoms with Crippen molar-refractivity contribution < 1.29 is 9.53 Å². The van der Waals surface area contributed by atoms with Crippen LogP contribution < -0.4 is 0 Å². The lowest BCUT2D eigenvalue weighted by atomic mass is 9.80. The lowest BCUT2D eigenvalue weighted by Gasteiger charge is -2.33. The summed E-state index contributed by atoms with van der Waals surface area (Å²) in [6.45, 7) is 2.01. The monoisotopic (exact) mass is 166 g/mol. The SMILES string of the molecule is CC1=CC(=O)OC12CCCCC2. The van der Waals surface area contributed by atoms with Crippen LogP contribution in [0.4, 0.5) is 0 Å². The Balaban J connectivity index is 2.21. The average Bonchev–Trinajstić information content (AvgIpc) is 2.29. The minimum absolute atomic E-state index is 0.144. The smallest absolute Gasteiger partial charge is 0.331 e. The number of rotatable bonds is 0. The zero-order chi connectivity index (χ0) is 8.60. The molecular formula is C10H14O2. The van der Waals surface area contributed by atoms with E-state index < -0.39 is 0 Å². The van der Waals surface area contributed by atoms with E-state index in [1.54, 1.807) is 6.08 Å². The standard InChI is InChI=1S/C10H14O2/c1-8-7-9(11)12-10(8)5-3-2-4-6-10/h7H,2-6H2,1H3. The quantitative estimate of drug-likeness (QED) is 0.516. The van der Waals surface area contributed by atoms with Crippen molar-refractivity contribution in [2.45, 2.75) is 44.6 Å². The van der Waals surface area contributed by atoms with Gasteiger partial charge in [-0.15, -0.1) is 0 Å². The number of hydrogen-bond donors (Lipinski definition) is 0. The largest absolute Gasteiger partial charge is 0.451 e. The maximum atomic E-state index is 11.0. The molecule has 2 rings (SSSR count). The predicted octanol–water partition coefficient (Wildman–Crippen LogP) is 2.19. The first-order valence-corrected chi connectivity index (χ1v) is 4.65. The Morgan fingerprint density at radius 3 is 2.50 bits per heavy atom. The molecule has 0 saturated heterocycles. The Morgan fingerprint density at radius 2 is 2.00 bits per heavy atom. The third kappa shape index (κ3) is 1.06.